The van der Waals surface area contributed by atoms with Gasteiger partial charge in [0.15, 0.2) is 17.3 Å². The van der Waals surface area contributed by atoms with E-state index in [2.05, 4.69) is 45.7 Å². The fourth-order valence-corrected chi connectivity index (χ4v) is 5.99. The van der Waals surface area contributed by atoms with E-state index in [4.69, 9.17) is 24.3 Å². The van der Waals surface area contributed by atoms with Crippen LogP contribution in [-0.4, -0.2) is 34.5 Å². The third-order valence-electron chi connectivity index (χ3n) is 7.49. The molecule has 5 rings (SSSR count). The predicted molar refractivity (Wildman–Crippen MR) is 190 cm³/mol. The molecule has 0 fully saturated rings. The molecule has 0 N–H and O–H groups in total. The normalized spacial score (nSPS) is 11.4. The lowest BCUT2D eigenvalue weighted by Crippen LogP contribution is -2.21. The van der Waals surface area contributed by atoms with Crippen LogP contribution in [0, 0.1) is 17.0 Å². The van der Waals surface area contributed by atoms with Gasteiger partial charge in [0.05, 0.1) is 40.2 Å². The highest BCUT2D eigenvalue weighted by Gasteiger charge is 2.20. The van der Waals surface area contributed by atoms with E-state index >= 15 is 0 Å². The van der Waals surface area contributed by atoms with Crippen LogP contribution in [0.5, 0.6) is 17.2 Å². The van der Waals surface area contributed by atoms with Crippen molar-refractivity contribution >= 4 is 54.7 Å². The molecule has 12 heteroatoms. The molecule has 1 heterocycles. The van der Waals surface area contributed by atoms with Gasteiger partial charge in [0, 0.05) is 27.7 Å². The highest BCUT2D eigenvalue weighted by atomic mass is 79.9. The average molecular weight is 764 g/mol. The van der Waals surface area contributed by atoms with Crippen LogP contribution in [0.4, 0.5) is 5.69 Å². The smallest absolute Gasteiger partial charge is 0.282 e. The molecule has 1 aromatic heterocycles. The summed E-state index contributed by atoms with van der Waals surface area (Å²) in [5.74, 6) is 2.22. The number of para-hydroxylation sites is 1. The summed E-state index contributed by atoms with van der Waals surface area (Å²) >= 11 is 7.28. The van der Waals surface area contributed by atoms with Crippen LogP contribution in [0.2, 0.25) is 0 Å². The van der Waals surface area contributed by atoms with Gasteiger partial charge in [-0.3, -0.25) is 14.9 Å². The molecule has 242 valence electrons. The van der Waals surface area contributed by atoms with Gasteiger partial charge in [0.25, 0.3) is 11.2 Å². The van der Waals surface area contributed by atoms with Crippen molar-refractivity contribution in [3.63, 3.8) is 0 Å². The van der Waals surface area contributed by atoms with Gasteiger partial charge in [-0.1, -0.05) is 26.0 Å². The summed E-state index contributed by atoms with van der Waals surface area (Å²) < 4.78 is 20.2. The predicted octanol–water partition coefficient (Wildman–Crippen LogP) is 8.80. The summed E-state index contributed by atoms with van der Waals surface area (Å²) in [6.07, 6.45) is 1.57. The van der Waals surface area contributed by atoms with Crippen molar-refractivity contribution in [2.45, 2.75) is 40.2 Å². The first-order valence-electron chi connectivity index (χ1n) is 14.8. The number of halogens is 2. The van der Waals surface area contributed by atoms with Crippen LogP contribution in [0.3, 0.4) is 0 Å². The van der Waals surface area contributed by atoms with Gasteiger partial charge in [-0.15, -0.1) is 0 Å². The molecule has 4 aromatic carbocycles. The zero-order valence-corrected chi connectivity index (χ0v) is 29.6. The molecule has 0 aliphatic carbocycles. The first kappa shape index (κ1) is 33.8. The van der Waals surface area contributed by atoms with Crippen molar-refractivity contribution < 1.29 is 19.1 Å². The van der Waals surface area contributed by atoms with Gasteiger partial charge in [-0.05, 0) is 111 Å². The number of benzene rings is 4. The topological polar surface area (TPSA) is 118 Å². The molecule has 10 nitrogen and oxygen atoms in total. The fourth-order valence-electron chi connectivity index (χ4n) is 5.06. The van der Waals surface area contributed by atoms with Crippen LogP contribution in [0.15, 0.2) is 85.6 Å². The number of hydrogen-bond acceptors (Lipinski definition) is 8. The van der Waals surface area contributed by atoms with E-state index in [-0.39, 0.29) is 23.8 Å². The van der Waals surface area contributed by atoms with Gasteiger partial charge in [0.2, 0.25) is 0 Å². The Morgan fingerprint density at radius 3 is 2.40 bits per heavy atom. The second-order valence-corrected chi connectivity index (χ2v) is 12.5. The number of hydrogen-bond donors (Lipinski definition) is 0. The summed E-state index contributed by atoms with van der Waals surface area (Å²) in [4.78, 5) is 29.4. The number of non-ortho nitro benzene ring substituents is 1. The Kier molecular flexibility index (Phi) is 10.4. The van der Waals surface area contributed by atoms with E-state index in [1.165, 1.54) is 16.8 Å². The molecule has 0 spiro atoms. The monoisotopic (exact) mass is 762 g/mol. The first-order valence-corrected chi connectivity index (χ1v) is 16.4. The molecule has 5 aromatic rings. The number of methoxy groups -OCH3 is 1. The van der Waals surface area contributed by atoms with E-state index in [1.54, 1.807) is 43.7 Å². The Hall–Kier alpha value is -4.55. The number of nitro benzene ring substituents is 1. The average Bonchev–Trinajstić information content (AvgIpc) is 3.06. The largest absolute Gasteiger partial charge is 0.496 e. The molecule has 0 unspecified atom stereocenters. The van der Waals surface area contributed by atoms with Gasteiger partial charge in [-0.2, -0.15) is 9.78 Å². The van der Waals surface area contributed by atoms with Crippen molar-refractivity contribution in [3.05, 3.63) is 118 Å². The maximum absolute atomic E-state index is 13.9. The van der Waals surface area contributed by atoms with E-state index < -0.39 is 4.92 Å². The minimum Gasteiger partial charge on any atom is -0.496 e. The zero-order valence-electron chi connectivity index (χ0n) is 26.4. The lowest BCUT2D eigenvalue weighted by atomic mass is 9.96. The van der Waals surface area contributed by atoms with Crippen molar-refractivity contribution in [2.24, 2.45) is 5.10 Å². The van der Waals surface area contributed by atoms with Crippen LogP contribution in [-0.2, 0) is 6.61 Å². The molecule has 0 atom stereocenters. The van der Waals surface area contributed by atoms with Crippen LogP contribution in [0.1, 0.15) is 48.9 Å². The van der Waals surface area contributed by atoms with Gasteiger partial charge < -0.3 is 14.2 Å². The summed E-state index contributed by atoms with van der Waals surface area (Å²) in [5, 5.41) is 16.2. The lowest BCUT2D eigenvalue weighted by molar-refractivity contribution is -0.384. The number of ether oxygens (including phenoxy) is 3. The summed E-state index contributed by atoms with van der Waals surface area (Å²) in [6, 6.07) is 19.1. The Morgan fingerprint density at radius 1 is 1.02 bits per heavy atom. The second-order valence-electron chi connectivity index (χ2n) is 10.9. The van der Waals surface area contributed by atoms with Crippen molar-refractivity contribution in [1.82, 2.24) is 9.66 Å². The third-order valence-corrected chi connectivity index (χ3v) is 9.63. The molecule has 0 amide bonds. The third kappa shape index (κ3) is 7.08. The number of aromatic nitrogens is 2. The molecule has 0 aliphatic heterocycles. The fraction of sp³-hybridized carbons (Fsp3) is 0.229. The quantitative estimate of drug-likeness (QED) is 0.0750. The van der Waals surface area contributed by atoms with Crippen molar-refractivity contribution in [3.8, 4) is 28.6 Å². The summed E-state index contributed by atoms with van der Waals surface area (Å²) in [6.45, 7) is 8.50. The zero-order chi connectivity index (χ0) is 33.8. The highest BCUT2D eigenvalue weighted by molar-refractivity contribution is 9.13. The minimum absolute atomic E-state index is 0.00251. The van der Waals surface area contributed by atoms with Crippen molar-refractivity contribution in [1.29, 1.82) is 0 Å². The van der Waals surface area contributed by atoms with E-state index in [0.29, 0.717) is 49.3 Å². The Balaban J connectivity index is 1.60. The first-order chi connectivity index (χ1) is 22.5. The molecule has 0 radical (unpaired) electrons. The van der Waals surface area contributed by atoms with Gasteiger partial charge in [0.1, 0.15) is 12.4 Å². The minimum atomic E-state index is -0.447. The summed E-state index contributed by atoms with van der Waals surface area (Å²) in [7, 11) is 1.65. The van der Waals surface area contributed by atoms with E-state index in [1.807, 2.05) is 38.1 Å². The van der Waals surface area contributed by atoms with Crippen LogP contribution < -0.4 is 19.8 Å². The Bertz CT molecular complexity index is 2060. The molecular weight excluding hydrogens is 732 g/mol. The number of nitro groups is 1. The molecule has 47 heavy (non-hydrogen) atoms. The maximum Gasteiger partial charge on any atom is 0.282 e. The SMILES string of the molecule is CCOc1cc(C=Nn2c(-c3cc(C(C)C)c(OC)cc3C)nc3ccccc3c2=O)c(Br)c(Br)c1OCc1ccc([N+](=O)[O-])cc1. The Labute approximate surface area is 288 Å². The molecule has 0 saturated heterocycles. The number of aryl methyl sites for hydroxylation is 1. The molecule has 0 bridgehead atoms. The maximum atomic E-state index is 13.9. The standard InChI is InChI=1S/C35H32Br2N4O6/c1-6-46-30-16-23(31(36)32(37)33(30)47-19-22-11-13-24(14-12-22)41(43)44)18-38-40-34(39-28-10-8-7-9-25(28)35(40)42)27-17-26(20(2)3)29(45-5)15-21(27)4/h7-18,20H,6,19H2,1-5H3. The molecule has 0 saturated carbocycles. The van der Waals surface area contributed by atoms with Gasteiger partial charge >= 0.3 is 0 Å². The van der Waals surface area contributed by atoms with Crippen molar-refractivity contribution in [2.75, 3.05) is 13.7 Å². The van der Waals surface area contributed by atoms with Gasteiger partial charge in [-0.25, -0.2) is 4.98 Å². The van der Waals surface area contributed by atoms with E-state index in [0.717, 1.165) is 28.0 Å². The number of fused-ring (bicyclic) bond motifs is 1. The van der Waals surface area contributed by atoms with Crippen LogP contribution in [0.25, 0.3) is 22.3 Å². The number of rotatable bonds is 11. The molecular formula is C35H32Br2N4O6. The van der Waals surface area contributed by atoms with E-state index in [9.17, 15) is 14.9 Å². The lowest BCUT2D eigenvalue weighted by Gasteiger charge is -2.18. The Morgan fingerprint density at radius 2 is 1.74 bits per heavy atom. The second kappa shape index (κ2) is 14.5. The van der Waals surface area contributed by atoms with Crippen LogP contribution >= 0.6 is 31.9 Å². The summed E-state index contributed by atoms with van der Waals surface area (Å²) in [5.41, 5.74) is 4.25. The highest BCUT2D eigenvalue weighted by Crippen LogP contribution is 2.43. The molecule has 0 aliphatic rings. The number of nitrogens with zero attached hydrogens (tertiary/aromatic N) is 4.